The molecule has 1 aliphatic rings. The van der Waals surface area contributed by atoms with Crippen molar-refractivity contribution in [1.29, 1.82) is 0 Å². The van der Waals surface area contributed by atoms with Gasteiger partial charge in [-0.3, -0.25) is 19.2 Å². The largest absolute Gasteiger partial charge is 0.497 e. The maximum atomic E-state index is 13.3. The Kier molecular flexibility index (Phi) is 12.6. The Balaban J connectivity index is 2.03. The molecule has 4 amide bonds. The first-order valence-corrected chi connectivity index (χ1v) is 13.9. The van der Waals surface area contributed by atoms with E-state index in [2.05, 4.69) is 22.9 Å². The van der Waals surface area contributed by atoms with Crippen LogP contribution in [-0.4, -0.2) is 66.4 Å². The van der Waals surface area contributed by atoms with E-state index in [1.807, 2.05) is 20.8 Å². The van der Waals surface area contributed by atoms with Gasteiger partial charge in [-0.05, 0) is 64.3 Å². The standard InChI is InChI=1S/C29H46N4O5/c1-6-7-8-9-10-11-13-23(26(35)30-20-25(34)32-29(2,3)4)31-27(36)24-14-12-19-33(24)28(37)21-15-17-22(38-5)18-16-21/h15-18,23-24H,6-14,19-20H2,1-5H3,(H,30,35)(H,31,36)(H,32,34). The molecule has 0 radical (unpaired) electrons. The second-order valence-corrected chi connectivity index (χ2v) is 11.0. The van der Waals surface area contributed by atoms with Crippen molar-refractivity contribution in [2.24, 2.45) is 0 Å². The van der Waals surface area contributed by atoms with Crippen LogP contribution in [0.5, 0.6) is 5.75 Å². The number of methoxy groups -OCH3 is 1. The summed E-state index contributed by atoms with van der Waals surface area (Å²) in [6, 6.07) is 5.39. The molecule has 1 fully saturated rings. The molecule has 0 aromatic heterocycles. The summed E-state index contributed by atoms with van der Waals surface area (Å²) >= 11 is 0. The Morgan fingerprint density at radius 2 is 1.68 bits per heavy atom. The number of nitrogens with one attached hydrogen (secondary N) is 3. The normalized spacial score (nSPS) is 16.0. The van der Waals surface area contributed by atoms with Crippen LogP contribution < -0.4 is 20.7 Å². The molecule has 0 bridgehead atoms. The fraction of sp³-hybridized carbons (Fsp3) is 0.655. The topological polar surface area (TPSA) is 117 Å². The van der Waals surface area contributed by atoms with Gasteiger partial charge >= 0.3 is 0 Å². The summed E-state index contributed by atoms with van der Waals surface area (Å²) in [6.45, 7) is 8.09. The highest BCUT2D eigenvalue weighted by atomic mass is 16.5. The van der Waals surface area contributed by atoms with E-state index in [1.54, 1.807) is 36.3 Å². The van der Waals surface area contributed by atoms with Crippen LogP contribution in [0, 0.1) is 0 Å². The molecule has 1 saturated heterocycles. The van der Waals surface area contributed by atoms with Crippen molar-refractivity contribution < 1.29 is 23.9 Å². The Hall–Kier alpha value is -3.10. The van der Waals surface area contributed by atoms with Gasteiger partial charge in [-0.15, -0.1) is 0 Å². The number of carbonyl (C=O) groups is 4. The van der Waals surface area contributed by atoms with Gasteiger partial charge in [0.1, 0.15) is 17.8 Å². The highest BCUT2D eigenvalue weighted by Crippen LogP contribution is 2.22. The van der Waals surface area contributed by atoms with Gasteiger partial charge in [0.25, 0.3) is 5.91 Å². The van der Waals surface area contributed by atoms with Crippen LogP contribution in [0.15, 0.2) is 24.3 Å². The van der Waals surface area contributed by atoms with E-state index in [9.17, 15) is 19.2 Å². The van der Waals surface area contributed by atoms with Gasteiger partial charge in [0.15, 0.2) is 0 Å². The van der Waals surface area contributed by atoms with Crippen LogP contribution in [0.1, 0.15) is 95.8 Å². The fourth-order valence-corrected chi connectivity index (χ4v) is 4.60. The SMILES string of the molecule is CCCCCCCCC(NC(=O)C1CCCN1C(=O)c1ccc(OC)cc1)C(=O)NCC(=O)NC(C)(C)C. The van der Waals surface area contributed by atoms with Crippen LogP contribution in [0.25, 0.3) is 0 Å². The van der Waals surface area contributed by atoms with E-state index >= 15 is 0 Å². The summed E-state index contributed by atoms with van der Waals surface area (Å²) in [5, 5.41) is 8.38. The van der Waals surface area contributed by atoms with Crippen molar-refractivity contribution >= 4 is 23.6 Å². The predicted octanol–water partition coefficient (Wildman–Crippen LogP) is 3.57. The van der Waals surface area contributed by atoms with Crippen LogP contribution in [0.3, 0.4) is 0 Å². The maximum absolute atomic E-state index is 13.3. The highest BCUT2D eigenvalue weighted by molar-refractivity contribution is 5.99. The molecule has 212 valence electrons. The average Bonchev–Trinajstić information content (AvgIpc) is 3.37. The van der Waals surface area contributed by atoms with Crippen LogP contribution >= 0.6 is 0 Å². The molecule has 2 rings (SSSR count). The maximum Gasteiger partial charge on any atom is 0.254 e. The van der Waals surface area contributed by atoms with Gasteiger partial charge in [0.05, 0.1) is 13.7 Å². The number of unbranched alkanes of at least 4 members (excludes halogenated alkanes) is 5. The zero-order chi connectivity index (χ0) is 28.1. The van der Waals surface area contributed by atoms with E-state index in [0.717, 1.165) is 32.1 Å². The van der Waals surface area contributed by atoms with Gasteiger partial charge < -0.3 is 25.6 Å². The molecule has 1 aromatic carbocycles. The zero-order valence-corrected chi connectivity index (χ0v) is 23.7. The van der Waals surface area contributed by atoms with Crippen LogP contribution in [0.4, 0.5) is 0 Å². The van der Waals surface area contributed by atoms with Crippen molar-refractivity contribution in [1.82, 2.24) is 20.9 Å². The number of likely N-dealkylation sites (tertiary alicyclic amines) is 1. The number of benzene rings is 1. The van der Waals surface area contributed by atoms with Crippen LogP contribution in [0.2, 0.25) is 0 Å². The van der Waals surface area contributed by atoms with Crippen LogP contribution in [-0.2, 0) is 14.4 Å². The summed E-state index contributed by atoms with van der Waals surface area (Å²) in [7, 11) is 1.56. The van der Waals surface area contributed by atoms with E-state index in [1.165, 1.54) is 6.42 Å². The monoisotopic (exact) mass is 530 g/mol. The van der Waals surface area contributed by atoms with Gasteiger partial charge in [-0.1, -0.05) is 45.4 Å². The average molecular weight is 531 g/mol. The molecule has 1 aliphatic heterocycles. The van der Waals surface area contributed by atoms with E-state index in [-0.39, 0.29) is 30.2 Å². The lowest BCUT2D eigenvalue weighted by Gasteiger charge is -2.27. The highest BCUT2D eigenvalue weighted by Gasteiger charge is 2.36. The fourth-order valence-electron chi connectivity index (χ4n) is 4.60. The van der Waals surface area contributed by atoms with Gasteiger partial charge in [0.2, 0.25) is 17.7 Å². The Morgan fingerprint density at radius 3 is 2.32 bits per heavy atom. The lowest BCUT2D eigenvalue weighted by molar-refractivity contribution is -0.132. The van der Waals surface area contributed by atoms with Crippen molar-refractivity contribution in [2.75, 3.05) is 20.2 Å². The third-order valence-corrected chi connectivity index (χ3v) is 6.57. The van der Waals surface area contributed by atoms with Crippen molar-refractivity contribution in [3.05, 3.63) is 29.8 Å². The van der Waals surface area contributed by atoms with Crippen molar-refractivity contribution in [3.63, 3.8) is 0 Å². The lowest BCUT2D eigenvalue weighted by Crippen LogP contribution is -2.54. The molecule has 0 aliphatic carbocycles. The number of amides is 4. The molecule has 3 N–H and O–H groups in total. The van der Waals surface area contributed by atoms with Gasteiger partial charge in [-0.2, -0.15) is 0 Å². The van der Waals surface area contributed by atoms with E-state index in [4.69, 9.17) is 4.74 Å². The quantitative estimate of drug-likeness (QED) is 0.318. The third-order valence-electron chi connectivity index (χ3n) is 6.57. The molecule has 0 spiro atoms. The summed E-state index contributed by atoms with van der Waals surface area (Å²) in [5.74, 6) is -0.586. The molecule has 2 atom stereocenters. The Labute approximate surface area is 227 Å². The summed E-state index contributed by atoms with van der Waals surface area (Å²) < 4.78 is 5.17. The first-order valence-electron chi connectivity index (χ1n) is 13.9. The van der Waals surface area contributed by atoms with E-state index in [0.29, 0.717) is 37.1 Å². The van der Waals surface area contributed by atoms with Gasteiger partial charge in [-0.25, -0.2) is 0 Å². The molecular weight excluding hydrogens is 484 g/mol. The Bertz CT molecular complexity index is 926. The number of carbonyl (C=O) groups excluding carboxylic acids is 4. The Morgan fingerprint density at radius 1 is 1.03 bits per heavy atom. The van der Waals surface area contributed by atoms with Gasteiger partial charge in [0, 0.05) is 17.6 Å². The smallest absolute Gasteiger partial charge is 0.254 e. The third kappa shape index (κ3) is 10.3. The molecule has 2 unspecified atom stereocenters. The molecule has 1 aromatic rings. The molecule has 38 heavy (non-hydrogen) atoms. The summed E-state index contributed by atoms with van der Waals surface area (Å²) in [6.07, 6.45) is 8.05. The molecule has 9 heteroatoms. The summed E-state index contributed by atoms with van der Waals surface area (Å²) in [4.78, 5) is 53.3. The van der Waals surface area contributed by atoms with E-state index < -0.39 is 17.6 Å². The molecule has 0 saturated carbocycles. The second-order valence-electron chi connectivity index (χ2n) is 11.0. The molecule has 9 nitrogen and oxygen atoms in total. The molecule has 1 heterocycles. The lowest BCUT2D eigenvalue weighted by atomic mass is 10.0. The zero-order valence-electron chi connectivity index (χ0n) is 23.7. The number of hydrogen-bond acceptors (Lipinski definition) is 5. The number of rotatable bonds is 14. The minimum atomic E-state index is -0.769. The molecular formula is C29H46N4O5. The number of nitrogens with zero attached hydrogens (tertiary/aromatic N) is 1. The number of hydrogen-bond donors (Lipinski definition) is 3. The second kappa shape index (κ2) is 15.3. The minimum Gasteiger partial charge on any atom is -0.497 e. The summed E-state index contributed by atoms with van der Waals surface area (Å²) in [5.41, 5.74) is 0.0766. The minimum absolute atomic E-state index is 0.162. The predicted molar refractivity (Wildman–Crippen MR) is 148 cm³/mol. The first-order chi connectivity index (χ1) is 18.1. The first kappa shape index (κ1) is 31.1. The number of ether oxygens (including phenoxy) is 1. The van der Waals surface area contributed by atoms with Crippen molar-refractivity contribution in [2.45, 2.75) is 103 Å². The van der Waals surface area contributed by atoms with Crippen molar-refractivity contribution in [3.8, 4) is 5.75 Å².